The number of aromatic nitrogens is 2. The smallest absolute Gasteiger partial charge is 0.293 e. The maximum Gasteiger partial charge on any atom is 0.293 e. The van der Waals surface area contributed by atoms with E-state index in [1.807, 2.05) is 65.9 Å². The number of hydrogen-bond donors (Lipinski definition) is 0. The van der Waals surface area contributed by atoms with Gasteiger partial charge in [-0.15, -0.1) is 0 Å². The summed E-state index contributed by atoms with van der Waals surface area (Å²) in [6.07, 6.45) is 2.16. The Labute approximate surface area is 314 Å². The van der Waals surface area contributed by atoms with E-state index in [2.05, 4.69) is 30.7 Å². The second-order valence-electron chi connectivity index (χ2n) is 12.6. The zero-order chi connectivity index (χ0) is 38.0. The highest BCUT2D eigenvalue weighted by molar-refractivity contribution is 9.10. The lowest BCUT2D eigenvalue weighted by Gasteiger charge is -2.22. The predicted molar refractivity (Wildman–Crippen MR) is 204 cm³/mol. The van der Waals surface area contributed by atoms with Crippen molar-refractivity contribution in [1.82, 2.24) is 14.6 Å². The van der Waals surface area contributed by atoms with Crippen LogP contribution in [0.25, 0.3) is 16.6 Å². The zero-order valence-electron chi connectivity index (χ0n) is 30.3. The number of likely N-dealkylation sites (N-methyl/N-ethyl adjacent to an activating group) is 1. The van der Waals surface area contributed by atoms with Crippen molar-refractivity contribution in [2.75, 3.05) is 31.6 Å². The number of halogens is 2. The number of methoxy groups -OCH3 is 1. The second kappa shape index (κ2) is 18.3. The van der Waals surface area contributed by atoms with E-state index >= 15 is 0 Å². The number of hydrogen-bond acceptors (Lipinski definition) is 9. The maximum atomic E-state index is 14.9. The molecule has 1 saturated heterocycles. The molecule has 278 valence electrons. The summed E-state index contributed by atoms with van der Waals surface area (Å²) in [5.41, 5.74) is 1.04. The number of ether oxygens (including phenoxy) is 3. The standard InChI is InChI=1S/C31H28BrFN4O5S.C5H10O2.C2H6/c1-35-13-11-23(19-35)42-29-16-25(32)26(33)17-28(29)37-27-9-8-24(15-21(27)5-10-31(37)38)43(39)36(30-12-14-41-34-30)18-20-3-6-22(40-2)7-4-20;1-5(2,3)7-4-6;1-2/h3-10,12,14-17,23H,11,13,18-19H2,1-2H3;4H,1-3H3;1-2H3. The van der Waals surface area contributed by atoms with Gasteiger partial charge in [-0.25, -0.2) is 8.60 Å². The Morgan fingerprint density at radius 1 is 1.08 bits per heavy atom. The third kappa shape index (κ3) is 10.3. The third-order valence-electron chi connectivity index (χ3n) is 7.72. The third-order valence-corrected chi connectivity index (χ3v) is 9.70. The number of benzene rings is 3. The van der Waals surface area contributed by atoms with E-state index in [4.69, 9.17) is 14.0 Å². The molecular weight excluding hydrogens is 755 g/mol. The molecule has 0 amide bonds. The predicted octanol–water partition coefficient (Wildman–Crippen LogP) is 7.69. The van der Waals surface area contributed by atoms with Crippen LogP contribution in [-0.4, -0.2) is 64.3 Å². The van der Waals surface area contributed by atoms with Crippen molar-refractivity contribution in [3.63, 3.8) is 0 Å². The number of anilines is 1. The number of carbonyl (C=O) groups excluding carboxylic acids is 1. The fourth-order valence-electron chi connectivity index (χ4n) is 5.27. The van der Waals surface area contributed by atoms with Crippen LogP contribution in [0, 0.1) is 5.82 Å². The maximum absolute atomic E-state index is 14.9. The molecule has 1 aliphatic heterocycles. The van der Waals surface area contributed by atoms with Crippen LogP contribution in [-0.2, 0) is 27.1 Å². The van der Waals surface area contributed by atoms with E-state index in [1.54, 1.807) is 47.8 Å². The van der Waals surface area contributed by atoms with Gasteiger partial charge in [-0.2, -0.15) is 0 Å². The Kier molecular flexibility index (Phi) is 14.2. The highest BCUT2D eigenvalue weighted by Gasteiger charge is 2.25. The SMILES string of the molecule is CC.CC(C)(C)OC=O.COc1ccc(CN(c2ccon2)S(=O)c2ccc3c(ccc(=O)n3-c3cc(F)c(Br)cc3OC3CCN(C)C3)c2)cc1. The van der Waals surface area contributed by atoms with Gasteiger partial charge in [-0.05, 0) is 98.2 Å². The summed E-state index contributed by atoms with van der Waals surface area (Å²) in [6, 6.07) is 20.2. The number of fused-ring (bicyclic) bond motifs is 1. The minimum atomic E-state index is -1.69. The lowest BCUT2D eigenvalue weighted by Crippen LogP contribution is -2.26. The normalized spacial score (nSPS) is 14.8. The van der Waals surface area contributed by atoms with Gasteiger partial charge in [0, 0.05) is 36.7 Å². The summed E-state index contributed by atoms with van der Waals surface area (Å²) in [5.74, 6) is 0.999. The number of rotatable bonds is 10. The molecule has 2 unspecified atom stereocenters. The van der Waals surface area contributed by atoms with Crippen LogP contribution in [0.3, 0.4) is 0 Å². The van der Waals surface area contributed by atoms with Gasteiger partial charge in [0.1, 0.15) is 35.3 Å². The molecule has 2 atom stereocenters. The van der Waals surface area contributed by atoms with Crippen LogP contribution in [0.5, 0.6) is 11.5 Å². The largest absolute Gasteiger partial charge is 0.497 e. The van der Waals surface area contributed by atoms with Crippen molar-refractivity contribution < 1.29 is 32.1 Å². The van der Waals surface area contributed by atoms with Gasteiger partial charge in [-0.1, -0.05) is 31.1 Å². The Bertz CT molecular complexity index is 2020. The zero-order valence-corrected chi connectivity index (χ0v) is 32.7. The Hall–Kier alpha value is -4.53. The van der Waals surface area contributed by atoms with E-state index in [1.165, 1.54) is 23.0 Å². The summed E-state index contributed by atoms with van der Waals surface area (Å²) in [5, 5.41) is 4.67. The number of carbonyl (C=O) groups is 1. The monoisotopic (exact) mass is 798 g/mol. The first kappa shape index (κ1) is 40.2. The average molecular weight is 800 g/mol. The fourth-order valence-corrected chi connectivity index (χ4v) is 6.79. The second-order valence-corrected chi connectivity index (χ2v) is 14.8. The minimum Gasteiger partial charge on any atom is -0.497 e. The van der Waals surface area contributed by atoms with Crippen LogP contribution < -0.4 is 19.3 Å². The van der Waals surface area contributed by atoms with E-state index in [0.717, 1.165) is 25.1 Å². The molecule has 0 radical (unpaired) electrons. The summed E-state index contributed by atoms with van der Waals surface area (Å²) in [6.45, 7) is 11.8. The van der Waals surface area contributed by atoms with Crippen LogP contribution >= 0.6 is 15.9 Å². The van der Waals surface area contributed by atoms with Crippen LogP contribution in [0.15, 0.2) is 97.7 Å². The van der Waals surface area contributed by atoms with Gasteiger partial charge >= 0.3 is 0 Å². The quantitative estimate of drug-likeness (QED) is 0.131. The molecular formula is C38H44BrFN4O7S. The van der Waals surface area contributed by atoms with Crippen molar-refractivity contribution in [1.29, 1.82) is 0 Å². The van der Waals surface area contributed by atoms with E-state index in [0.29, 0.717) is 45.3 Å². The first-order chi connectivity index (χ1) is 24.9. The molecule has 6 rings (SSSR count). The van der Waals surface area contributed by atoms with Crippen molar-refractivity contribution in [3.8, 4) is 17.2 Å². The molecule has 3 heterocycles. The first-order valence-corrected chi connectivity index (χ1v) is 18.6. The Balaban J connectivity index is 0.000000604. The lowest BCUT2D eigenvalue weighted by molar-refractivity contribution is -0.138. The Morgan fingerprint density at radius 2 is 1.81 bits per heavy atom. The number of likely N-dealkylation sites (tertiary alicyclic amines) is 1. The highest BCUT2D eigenvalue weighted by Crippen LogP contribution is 2.33. The molecule has 52 heavy (non-hydrogen) atoms. The fraction of sp³-hybridized carbons (Fsp3) is 0.342. The molecule has 0 N–H and O–H groups in total. The van der Waals surface area contributed by atoms with Crippen LogP contribution in [0.1, 0.15) is 46.6 Å². The van der Waals surface area contributed by atoms with Gasteiger partial charge in [-0.3, -0.25) is 18.5 Å². The van der Waals surface area contributed by atoms with Crippen molar-refractivity contribution in [2.45, 2.75) is 64.2 Å². The van der Waals surface area contributed by atoms with Gasteiger partial charge in [0.25, 0.3) is 12.0 Å². The topological polar surface area (TPSA) is 116 Å². The molecule has 0 bridgehead atoms. The molecule has 0 saturated carbocycles. The summed E-state index contributed by atoms with van der Waals surface area (Å²) >= 11 is 3.26. The number of pyridine rings is 1. The van der Waals surface area contributed by atoms with Crippen molar-refractivity contribution in [3.05, 3.63) is 105 Å². The molecule has 1 aliphatic rings. The number of nitrogens with zero attached hydrogens (tertiary/aromatic N) is 4. The van der Waals surface area contributed by atoms with Gasteiger partial charge in [0.15, 0.2) is 16.8 Å². The highest BCUT2D eigenvalue weighted by atomic mass is 79.9. The molecule has 14 heteroatoms. The molecule has 0 aliphatic carbocycles. The van der Waals surface area contributed by atoms with Crippen molar-refractivity contribution >= 4 is 50.1 Å². The molecule has 11 nitrogen and oxygen atoms in total. The summed E-state index contributed by atoms with van der Waals surface area (Å²) in [4.78, 5) is 25.5. The van der Waals surface area contributed by atoms with Gasteiger partial charge in [0.2, 0.25) is 0 Å². The minimum absolute atomic E-state index is 0.0889. The van der Waals surface area contributed by atoms with E-state index < -0.39 is 16.8 Å². The first-order valence-electron chi connectivity index (χ1n) is 16.7. The molecule has 3 aromatic carbocycles. The van der Waals surface area contributed by atoms with E-state index in [-0.39, 0.29) is 28.3 Å². The Morgan fingerprint density at radius 3 is 2.38 bits per heavy atom. The van der Waals surface area contributed by atoms with Crippen LogP contribution in [0.2, 0.25) is 0 Å². The molecule has 5 aromatic rings. The molecule has 2 aromatic heterocycles. The van der Waals surface area contributed by atoms with E-state index in [9.17, 15) is 18.2 Å². The van der Waals surface area contributed by atoms with Gasteiger partial charge < -0.3 is 23.6 Å². The molecule has 1 fully saturated rings. The lowest BCUT2D eigenvalue weighted by atomic mass is 10.2. The van der Waals surface area contributed by atoms with Crippen molar-refractivity contribution in [2.24, 2.45) is 0 Å². The van der Waals surface area contributed by atoms with Crippen LogP contribution in [0.4, 0.5) is 10.2 Å². The average Bonchev–Trinajstić information content (AvgIpc) is 3.81. The molecule has 0 spiro atoms. The van der Waals surface area contributed by atoms with Gasteiger partial charge in [0.05, 0.1) is 34.2 Å². The summed E-state index contributed by atoms with van der Waals surface area (Å²) < 4.78 is 53.3. The summed E-state index contributed by atoms with van der Waals surface area (Å²) in [7, 11) is 1.92.